The van der Waals surface area contributed by atoms with E-state index in [4.69, 9.17) is 17.3 Å². The minimum Gasteiger partial charge on any atom is -0.326 e. The first kappa shape index (κ1) is 19.0. The molecule has 7 heteroatoms. The molecule has 1 amide bonds. The standard InChI is InChI=1S/C22H29N5OS/c1-15(28)23-17-5-4-8-20(13-17)27-21(16-9-10-16)24-26(22(27)29)14-25(19-11-12-19)18-6-2-3-7-18/h4-5,8,13,16,18-19H,2-3,6-7,9-12,14H2,1H3,(H,23,28). The Labute approximate surface area is 176 Å². The number of hydrogen-bond donors (Lipinski definition) is 1. The summed E-state index contributed by atoms with van der Waals surface area (Å²) < 4.78 is 4.93. The van der Waals surface area contributed by atoms with Crippen LogP contribution in [0.3, 0.4) is 0 Å². The molecule has 1 heterocycles. The van der Waals surface area contributed by atoms with E-state index in [0.717, 1.165) is 28.6 Å². The van der Waals surface area contributed by atoms with Crippen LogP contribution in [0.4, 0.5) is 5.69 Å². The van der Waals surface area contributed by atoms with E-state index in [0.29, 0.717) is 18.0 Å². The number of carbonyl (C=O) groups is 1. The van der Waals surface area contributed by atoms with Crippen molar-refractivity contribution in [2.24, 2.45) is 0 Å². The monoisotopic (exact) mass is 411 g/mol. The smallest absolute Gasteiger partial charge is 0.221 e. The summed E-state index contributed by atoms with van der Waals surface area (Å²) in [4.78, 5) is 14.1. The molecule has 0 spiro atoms. The van der Waals surface area contributed by atoms with Gasteiger partial charge in [0.1, 0.15) is 5.82 Å². The van der Waals surface area contributed by atoms with Gasteiger partial charge < -0.3 is 5.32 Å². The van der Waals surface area contributed by atoms with Gasteiger partial charge in [-0.05, 0) is 68.9 Å². The van der Waals surface area contributed by atoms with Crippen molar-refractivity contribution in [3.63, 3.8) is 0 Å². The van der Waals surface area contributed by atoms with Gasteiger partial charge in [0.05, 0.1) is 12.4 Å². The van der Waals surface area contributed by atoms with Gasteiger partial charge in [-0.2, -0.15) is 5.10 Å². The van der Waals surface area contributed by atoms with Gasteiger partial charge in [-0.3, -0.25) is 14.3 Å². The molecule has 0 aliphatic heterocycles. The topological polar surface area (TPSA) is 55.1 Å². The number of amides is 1. The zero-order valence-corrected chi connectivity index (χ0v) is 17.8. The highest BCUT2D eigenvalue weighted by atomic mass is 32.1. The van der Waals surface area contributed by atoms with Gasteiger partial charge in [-0.25, -0.2) is 4.68 Å². The number of carbonyl (C=O) groups excluding carboxylic acids is 1. The molecule has 1 aromatic carbocycles. The van der Waals surface area contributed by atoms with Crippen LogP contribution >= 0.6 is 12.2 Å². The summed E-state index contributed by atoms with van der Waals surface area (Å²) in [6.45, 7) is 2.33. The molecule has 0 radical (unpaired) electrons. The Morgan fingerprint density at radius 3 is 2.55 bits per heavy atom. The van der Waals surface area contributed by atoms with Crippen LogP contribution in [0.15, 0.2) is 24.3 Å². The Morgan fingerprint density at radius 1 is 1.17 bits per heavy atom. The van der Waals surface area contributed by atoms with Gasteiger partial charge in [0.15, 0.2) is 0 Å². The minimum absolute atomic E-state index is 0.0690. The highest BCUT2D eigenvalue weighted by Gasteiger charge is 2.36. The molecular weight excluding hydrogens is 382 g/mol. The van der Waals surface area contributed by atoms with Gasteiger partial charge in [-0.1, -0.05) is 18.9 Å². The maximum absolute atomic E-state index is 11.5. The fraction of sp³-hybridized carbons (Fsp3) is 0.591. The Kier molecular flexibility index (Phi) is 5.04. The number of rotatable bonds is 7. The molecule has 3 fully saturated rings. The Bertz CT molecular complexity index is 966. The minimum atomic E-state index is -0.0690. The van der Waals surface area contributed by atoms with Crippen molar-refractivity contribution in [3.05, 3.63) is 34.9 Å². The second kappa shape index (κ2) is 7.69. The van der Waals surface area contributed by atoms with Crippen LogP contribution < -0.4 is 5.32 Å². The lowest BCUT2D eigenvalue weighted by Gasteiger charge is -2.28. The van der Waals surface area contributed by atoms with Gasteiger partial charge >= 0.3 is 0 Å². The van der Waals surface area contributed by atoms with E-state index in [1.165, 1.54) is 58.3 Å². The van der Waals surface area contributed by atoms with Crippen LogP contribution in [0, 0.1) is 4.77 Å². The number of anilines is 1. The van der Waals surface area contributed by atoms with Crippen LogP contribution in [-0.4, -0.2) is 37.2 Å². The Hall–Kier alpha value is -1.99. The summed E-state index contributed by atoms with van der Waals surface area (Å²) in [6, 6.07) is 9.30. The zero-order valence-electron chi connectivity index (χ0n) is 17.0. The second-order valence-electron chi connectivity index (χ2n) is 8.81. The first-order chi connectivity index (χ1) is 14.1. The highest BCUT2D eigenvalue weighted by Crippen LogP contribution is 2.41. The fourth-order valence-electron chi connectivity index (χ4n) is 4.62. The molecule has 0 atom stereocenters. The van der Waals surface area contributed by atoms with Crippen molar-refractivity contribution in [1.29, 1.82) is 0 Å². The van der Waals surface area contributed by atoms with Crippen LogP contribution in [0.25, 0.3) is 5.69 Å². The quantitative estimate of drug-likeness (QED) is 0.677. The van der Waals surface area contributed by atoms with Gasteiger partial charge in [0.25, 0.3) is 0 Å². The van der Waals surface area contributed by atoms with Crippen molar-refractivity contribution in [2.75, 3.05) is 5.32 Å². The molecule has 3 saturated carbocycles. The van der Waals surface area contributed by atoms with Crippen LogP contribution in [0.2, 0.25) is 0 Å². The molecule has 1 aromatic heterocycles. The maximum Gasteiger partial charge on any atom is 0.221 e. The van der Waals surface area contributed by atoms with Crippen LogP contribution in [0.1, 0.15) is 70.0 Å². The lowest BCUT2D eigenvalue weighted by molar-refractivity contribution is -0.114. The molecule has 6 nitrogen and oxygen atoms in total. The lowest BCUT2D eigenvalue weighted by atomic mass is 10.2. The first-order valence-electron chi connectivity index (χ1n) is 10.9. The molecular formula is C22H29N5OS. The number of benzene rings is 1. The van der Waals surface area contributed by atoms with Gasteiger partial charge in [-0.15, -0.1) is 0 Å². The van der Waals surface area contributed by atoms with E-state index >= 15 is 0 Å². The van der Waals surface area contributed by atoms with Gasteiger partial charge in [0.2, 0.25) is 10.7 Å². The van der Waals surface area contributed by atoms with Crippen LogP contribution in [-0.2, 0) is 11.5 Å². The third-order valence-corrected chi connectivity index (χ3v) is 6.73. The molecule has 3 aliphatic rings. The molecule has 0 saturated heterocycles. The van der Waals surface area contributed by atoms with Crippen molar-refractivity contribution >= 4 is 23.8 Å². The number of aromatic nitrogens is 3. The first-order valence-corrected chi connectivity index (χ1v) is 11.3. The largest absolute Gasteiger partial charge is 0.326 e. The van der Waals surface area contributed by atoms with E-state index in [9.17, 15) is 4.79 Å². The molecule has 3 aliphatic carbocycles. The maximum atomic E-state index is 11.5. The van der Waals surface area contributed by atoms with Crippen molar-refractivity contribution in [1.82, 2.24) is 19.2 Å². The van der Waals surface area contributed by atoms with E-state index in [2.05, 4.69) is 20.9 Å². The molecule has 29 heavy (non-hydrogen) atoms. The summed E-state index contributed by atoms with van der Waals surface area (Å²) in [5, 5.41) is 7.88. The normalized spacial score (nSPS) is 19.8. The van der Waals surface area contributed by atoms with Crippen molar-refractivity contribution in [3.8, 4) is 5.69 Å². The van der Waals surface area contributed by atoms with Gasteiger partial charge in [0, 0.05) is 30.6 Å². The second-order valence-corrected chi connectivity index (χ2v) is 9.17. The third kappa shape index (κ3) is 4.03. The fourth-order valence-corrected chi connectivity index (χ4v) is 4.91. The predicted octanol–water partition coefficient (Wildman–Crippen LogP) is 4.60. The molecule has 0 unspecified atom stereocenters. The Morgan fingerprint density at radius 2 is 1.90 bits per heavy atom. The average Bonchev–Trinajstić information content (AvgIpc) is 3.62. The van der Waals surface area contributed by atoms with E-state index in [1.807, 2.05) is 22.9 Å². The summed E-state index contributed by atoms with van der Waals surface area (Å²) in [6.07, 6.45) is 10.3. The third-order valence-electron chi connectivity index (χ3n) is 6.34. The molecule has 1 N–H and O–H groups in total. The number of nitrogens with one attached hydrogen (secondary N) is 1. The summed E-state index contributed by atoms with van der Waals surface area (Å²) in [5.41, 5.74) is 1.77. The van der Waals surface area contributed by atoms with E-state index in [1.54, 1.807) is 0 Å². The predicted molar refractivity (Wildman–Crippen MR) is 116 cm³/mol. The average molecular weight is 412 g/mol. The lowest BCUT2D eigenvalue weighted by Crippen LogP contribution is -2.37. The van der Waals surface area contributed by atoms with Crippen molar-refractivity contribution < 1.29 is 4.79 Å². The summed E-state index contributed by atoms with van der Waals surface area (Å²) in [7, 11) is 0. The molecule has 2 aromatic rings. The van der Waals surface area contributed by atoms with Crippen molar-refractivity contribution in [2.45, 2.75) is 83.0 Å². The Balaban J connectivity index is 1.49. The zero-order chi connectivity index (χ0) is 20.0. The number of nitrogens with zero attached hydrogens (tertiary/aromatic N) is 4. The molecule has 154 valence electrons. The SMILES string of the molecule is CC(=O)Nc1cccc(-n2c(C3CC3)nn(CN(C3CCCC3)C3CC3)c2=S)c1. The molecule has 0 bridgehead atoms. The summed E-state index contributed by atoms with van der Waals surface area (Å²) in [5.74, 6) is 1.49. The highest BCUT2D eigenvalue weighted by molar-refractivity contribution is 7.71. The number of hydrogen-bond acceptors (Lipinski definition) is 4. The molecule has 5 rings (SSSR count). The van der Waals surface area contributed by atoms with Crippen LogP contribution in [0.5, 0.6) is 0 Å². The van der Waals surface area contributed by atoms with E-state index in [-0.39, 0.29) is 5.91 Å². The summed E-state index contributed by atoms with van der Waals surface area (Å²) >= 11 is 5.92. The van der Waals surface area contributed by atoms with E-state index < -0.39 is 0 Å².